The number of likely N-dealkylation sites (tertiary alicyclic amines) is 1. The smallest absolute Gasteiger partial charge is 0.411 e. The summed E-state index contributed by atoms with van der Waals surface area (Å²) in [5.41, 5.74) is 0.405. The van der Waals surface area contributed by atoms with E-state index >= 15 is 0 Å². The molecule has 0 radical (unpaired) electrons. The first kappa shape index (κ1) is 35.6. The van der Waals surface area contributed by atoms with Gasteiger partial charge in [0, 0.05) is 30.6 Å². The summed E-state index contributed by atoms with van der Waals surface area (Å²) in [4.78, 5) is 87.2. The minimum atomic E-state index is -1.11. The van der Waals surface area contributed by atoms with Crippen LogP contribution in [0, 0.1) is 11.8 Å². The molecule has 1 fully saturated rings. The molecule has 1 aromatic carbocycles. The third-order valence-corrected chi connectivity index (χ3v) is 7.93. The lowest BCUT2D eigenvalue weighted by Gasteiger charge is -2.32. The molecule has 1 saturated heterocycles. The topological polar surface area (TPSA) is 207 Å². The van der Waals surface area contributed by atoms with Crippen molar-refractivity contribution in [2.24, 2.45) is 11.8 Å². The van der Waals surface area contributed by atoms with E-state index in [0.29, 0.717) is 29.9 Å². The third-order valence-electron chi connectivity index (χ3n) is 7.93. The van der Waals surface area contributed by atoms with E-state index in [1.807, 2.05) is 0 Å². The Morgan fingerprint density at radius 1 is 1.00 bits per heavy atom. The van der Waals surface area contributed by atoms with Crippen LogP contribution in [0.15, 0.2) is 36.8 Å². The number of amides is 5. The number of benzene rings is 1. The lowest BCUT2D eigenvalue weighted by Crippen LogP contribution is -2.59. The second-order valence-corrected chi connectivity index (χ2v) is 12.1. The van der Waals surface area contributed by atoms with E-state index < -0.39 is 65.9 Å². The molecule has 5 atom stereocenters. The van der Waals surface area contributed by atoms with Gasteiger partial charge in [-0.1, -0.05) is 34.6 Å². The van der Waals surface area contributed by atoms with Gasteiger partial charge in [-0.3, -0.25) is 29.5 Å². The molecule has 16 nitrogen and oxygen atoms in total. The monoisotopic (exact) mass is 667 g/mol. The fraction of sp³-hybridized carbons (Fsp3) is 0.500. The number of anilines is 1. The molecule has 16 heteroatoms. The SMILES string of the molecule is CC[C@@H](C=O)NC(=O)[C@@H]1C[C@@H](OC(=O)Nc2ccc3c(c2)OCO3)CN1C(=O)[C@@H](NC(=O)[C@@H](NC(=O)c1cnccn1)C(C)C)C(C)C. The molecular formula is C32H41N7O9. The molecule has 5 amide bonds. The predicted octanol–water partition coefficient (Wildman–Crippen LogP) is 1.41. The first-order chi connectivity index (χ1) is 22.9. The molecule has 2 aliphatic rings. The summed E-state index contributed by atoms with van der Waals surface area (Å²) < 4.78 is 16.2. The number of nitrogens with one attached hydrogen (secondary N) is 4. The molecule has 0 saturated carbocycles. The van der Waals surface area contributed by atoms with Crippen molar-refractivity contribution in [1.82, 2.24) is 30.8 Å². The molecule has 0 spiro atoms. The Bertz CT molecular complexity index is 1500. The number of carbonyl (C=O) groups excluding carboxylic acids is 6. The van der Waals surface area contributed by atoms with Gasteiger partial charge in [-0.2, -0.15) is 0 Å². The summed E-state index contributed by atoms with van der Waals surface area (Å²) in [6.07, 6.45) is 3.20. The van der Waals surface area contributed by atoms with Crippen molar-refractivity contribution in [1.29, 1.82) is 0 Å². The molecule has 3 heterocycles. The predicted molar refractivity (Wildman–Crippen MR) is 170 cm³/mol. The highest BCUT2D eigenvalue weighted by Gasteiger charge is 2.45. The number of carbonyl (C=O) groups is 6. The Morgan fingerprint density at radius 3 is 2.38 bits per heavy atom. The van der Waals surface area contributed by atoms with Gasteiger partial charge in [0.15, 0.2) is 11.5 Å². The van der Waals surface area contributed by atoms with Crippen LogP contribution >= 0.6 is 0 Å². The van der Waals surface area contributed by atoms with Crippen LogP contribution in [0.2, 0.25) is 0 Å². The standard InChI is InChI=1S/C32H41N7O9/c1-6-19(15-40)35-29(42)23-12-21(48-32(45)36-20-7-8-24-25(11-20)47-16-46-24)14-39(23)31(44)27(18(4)5)38-30(43)26(17(2)3)37-28(41)22-13-33-9-10-34-22/h7-11,13,15,17-19,21,23,26-27H,6,12,14,16H2,1-5H3,(H,35,42)(H,36,45)(H,37,41)(H,38,43)/t19-,21+,23-,26-,27-/m0/s1. The van der Waals surface area contributed by atoms with Crippen LogP contribution in [0.1, 0.15) is 57.9 Å². The molecule has 4 N–H and O–H groups in total. The molecule has 2 aliphatic heterocycles. The highest BCUT2D eigenvalue weighted by atomic mass is 16.7. The van der Waals surface area contributed by atoms with E-state index in [0.717, 1.165) is 0 Å². The maximum Gasteiger partial charge on any atom is 0.411 e. The second kappa shape index (κ2) is 16.0. The summed E-state index contributed by atoms with van der Waals surface area (Å²) in [5, 5.41) is 10.6. The van der Waals surface area contributed by atoms with Crippen molar-refractivity contribution in [2.75, 3.05) is 18.7 Å². The molecule has 4 rings (SSSR count). The minimum absolute atomic E-state index is 0.0210. The van der Waals surface area contributed by atoms with E-state index in [9.17, 15) is 28.8 Å². The molecule has 48 heavy (non-hydrogen) atoms. The average molecular weight is 668 g/mol. The van der Waals surface area contributed by atoms with Crippen LogP contribution in [0.25, 0.3) is 0 Å². The summed E-state index contributed by atoms with van der Waals surface area (Å²) in [5.74, 6) is -2.24. The van der Waals surface area contributed by atoms with Gasteiger partial charge in [0.05, 0.1) is 18.8 Å². The lowest BCUT2D eigenvalue weighted by molar-refractivity contribution is -0.143. The molecular weight excluding hydrogens is 626 g/mol. The van der Waals surface area contributed by atoms with E-state index in [4.69, 9.17) is 14.2 Å². The zero-order valence-corrected chi connectivity index (χ0v) is 27.4. The molecule has 258 valence electrons. The quantitative estimate of drug-likeness (QED) is 0.225. The number of hydrogen-bond acceptors (Lipinski definition) is 11. The van der Waals surface area contributed by atoms with Gasteiger partial charge in [-0.15, -0.1) is 0 Å². The van der Waals surface area contributed by atoms with Gasteiger partial charge >= 0.3 is 6.09 Å². The Kier molecular flexibility index (Phi) is 11.9. The van der Waals surface area contributed by atoms with Crippen molar-refractivity contribution in [3.63, 3.8) is 0 Å². The van der Waals surface area contributed by atoms with E-state index in [1.165, 1.54) is 23.5 Å². The summed E-state index contributed by atoms with van der Waals surface area (Å²) in [6, 6.07) is 0.785. The third kappa shape index (κ3) is 8.74. The molecule has 0 unspecified atom stereocenters. The van der Waals surface area contributed by atoms with Crippen LogP contribution in [0.3, 0.4) is 0 Å². The number of aromatic nitrogens is 2. The van der Waals surface area contributed by atoms with E-state index in [-0.39, 0.29) is 31.4 Å². The first-order valence-electron chi connectivity index (χ1n) is 15.7. The highest BCUT2D eigenvalue weighted by molar-refractivity contribution is 5.98. The Hall–Kier alpha value is -5.28. The minimum Gasteiger partial charge on any atom is -0.454 e. The van der Waals surface area contributed by atoms with Gasteiger partial charge in [0.2, 0.25) is 24.5 Å². The lowest BCUT2D eigenvalue weighted by atomic mass is 9.98. The number of hydrogen-bond donors (Lipinski definition) is 4. The zero-order valence-electron chi connectivity index (χ0n) is 27.4. The van der Waals surface area contributed by atoms with Crippen LogP contribution in [0.4, 0.5) is 10.5 Å². The van der Waals surface area contributed by atoms with Crippen molar-refractivity contribution >= 4 is 41.7 Å². The van der Waals surface area contributed by atoms with Crippen molar-refractivity contribution in [3.05, 3.63) is 42.5 Å². The number of aldehydes is 1. The maximum absolute atomic E-state index is 14.1. The van der Waals surface area contributed by atoms with Crippen molar-refractivity contribution < 1.29 is 43.0 Å². The van der Waals surface area contributed by atoms with Crippen LogP contribution in [-0.2, 0) is 23.9 Å². The number of fused-ring (bicyclic) bond motifs is 1. The zero-order chi connectivity index (χ0) is 35.0. The number of nitrogens with zero attached hydrogens (tertiary/aromatic N) is 3. The molecule has 1 aromatic heterocycles. The average Bonchev–Trinajstić information content (AvgIpc) is 3.71. The van der Waals surface area contributed by atoms with E-state index in [1.54, 1.807) is 52.8 Å². The summed E-state index contributed by atoms with van der Waals surface area (Å²) in [6.45, 7) is 8.56. The largest absolute Gasteiger partial charge is 0.454 e. The van der Waals surface area contributed by atoms with Crippen molar-refractivity contribution in [3.8, 4) is 11.5 Å². The summed E-state index contributed by atoms with van der Waals surface area (Å²) in [7, 11) is 0. The molecule has 2 aromatic rings. The Balaban J connectivity index is 1.49. The maximum atomic E-state index is 14.1. The van der Waals surface area contributed by atoms with Crippen molar-refractivity contribution in [2.45, 2.75) is 77.7 Å². The van der Waals surface area contributed by atoms with Gasteiger partial charge in [-0.25, -0.2) is 9.78 Å². The summed E-state index contributed by atoms with van der Waals surface area (Å²) >= 11 is 0. The molecule has 0 aliphatic carbocycles. The fourth-order valence-electron chi connectivity index (χ4n) is 5.26. The number of ether oxygens (including phenoxy) is 3. The second-order valence-electron chi connectivity index (χ2n) is 12.1. The van der Waals surface area contributed by atoms with Crippen LogP contribution in [-0.4, -0.2) is 94.5 Å². The number of rotatable bonds is 13. The van der Waals surface area contributed by atoms with Gasteiger partial charge in [0.25, 0.3) is 5.91 Å². The van der Waals surface area contributed by atoms with Gasteiger partial charge in [0.1, 0.15) is 36.2 Å². The van der Waals surface area contributed by atoms with Gasteiger partial charge < -0.3 is 39.9 Å². The van der Waals surface area contributed by atoms with Gasteiger partial charge in [-0.05, 0) is 30.4 Å². The first-order valence-corrected chi connectivity index (χ1v) is 15.7. The Labute approximate surface area is 277 Å². The van der Waals surface area contributed by atoms with Crippen LogP contribution < -0.4 is 30.7 Å². The fourth-order valence-corrected chi connectivity index (χ4v) is 5.26. The van der Waals surface area contributed by atoms with E-state index in [2.05, 4.69) is 31.2 Å². The Morgan fingerprint density at radius 2 is 1.73 bits per heavy atom. The normalized spacial score (nSPS) is 18.4. The molecule has 0 bridgehead atoms. The highest BCUT2D eigenvalue weighted by Crippen LogP contribution is 2.34. The van der Waals surface area contributed by atoms with Crippen LogP contribution in [0.5, 0.6) is 11.5 Å².